The molecule has 0 aliphatic heterocycles. The standard InChI is InChI=1S/C13H18N2O2S/c1-3-14-12(16)8(2)15-13(17)11-7-9-5-4-6-10(9)18-11/h7-8H,3-6H2,1-2H3,(H,14,16)(H,15,17). The monoisotopic (exact) mass is 266 g/mol. The van der Waals surface area contributed by atoms with E-state index in [4.69, 9.17) is 0 Å². The molecule has 5 heteroatoms. The van der Waals surface area contributed by atoms with E-state index in [2.05, 4.69) is 10.6 Å². The summed E-state index contributed by atoms with van der Waals surface area (Å²) in [5.74, 6) is -0.289. The Morgan fingerprint density at radius 2 is 2.22 bits per heavy atom. The molecule has 0 radical (unpaired) electrons. The SMILES string of the molecule is CCNC(=O)C(C)NC(=O)c1cc2c(s1)CCC2. The molecule has 1 aromatic heterocycles. The number of carbonyl (C=O) groups excluding carboxylic acids is 2. The summed E-state index contributed by atoms with van der Waals surface area (Å²) in [7, 11) is 0. The Hall–Kier alpha value is -1.36. The lowest BCUT2D eigenvalue weighted by atomic mass is 10.2. The normalized spacial score (nSPS) is 15.0. The number of carbonyl (C=O) groups is 2. The lowest BCUT2D eigenvalue weighted by Gasteiger charge is -2.12. The fraction of sp³-hybridized carbons (Fsp3) is 0.538. The smallest absolute Gasteiger partial charge is 0.262 e. The van der Waals surface area contributed by atoms with E-state index in [0.29, 0.717) is 6.54 Å². The van der Waals surface area contributed by atoms with Crippen molar-refractivity contribution in [2.24, 2.45) is 0 Å². The second-order valence-corrected chi connectivity index (χ2v) is 5.64. The molecule has 0 fully saturated rings. The van der Waals surface area contributed by atoms with Crippen molar-refractivity contribution in [3.63, 3.8) is 0 Å². The van der Waals surface area contributed by atoms with Crippen LogP contribution in [0.4, 0.5) is 0 Å². The first-order valence-electron chi connectivity index (χ1n) is 6.32. The molecule has 2 N–H and O–H groups in total. The van der Waals surface area contributed by atoms with Crippen LogP contribution in [0.25, 0.3) is 0 Å². The molecule has 2 amide bonds. The molecule has 0 saturated heterocycles. The van der Waals surface area contributed by atoms with Crippen molar-refractivity contribution >= 4 is 23.2 Å². The van der Waals surface area contributed by atoms with E-state index in [1.54, 1.807) is 18.3 Å². The second-order valence-electron chi connectivity index (χ2n) is 4.50. The zero-order valence-corrected chi connectivity index (χ0v) is 11.5. The number of amides is 2. The molecule has 18 heavy (non-hydrogen) atoms. The average Bonchev–Trinajstić information content (AvgIpc) is 2.88. The second kappa shape index (κ2) is 5.52. The first kappa shape index (κ1) is 13.1. The van der Waals surface area contributed by atoms with E-state index in [-0.39, 0.29) is 11.8 Å². The Kier molecular flexibility index (Phi) is 4.01. The summed E-state index contributed by atoms with van der Waals surface area (Å²) in [4.78, 5) is 25.6. The fourth-order valence-corrected chi connectivity index (χ4v) is 3.26. The quantitative estimate of drug-likeness (QED) is 0.867. The number of rotatable bonds is 4. The Bertz CT molecular complexity index is 446. The highest BCUT2D eigenvalue weighted by molar-refractivity contribution is 7.14. The Morgan fingerprint density at radius 1 is 1.44 bits per heavy atom. The van der Waals surface area contributed by atoms with Gasteiger partial charge in [-0.3, -0.25) is 9.59 Å². The van der Waals surface area contributed by atoms with Gasteiger partial charge < -0.3 is 10.6 Å². The summed E-state index contributed by atoms with van der Waals surface area (Å²) < 4.78 is 0. The summed E-state index contributed by atoms with van der Waals surface area (Å²) in [6, 6.07) is 1.47. The third kappa shape index (κ3) is 2.72. The number of aryl methyl sites for hydroxylation is 2. The third-order valence-corrected chi connectivity index (χ3v) is 4.30. The van der Waals surface area contributed by atoms with Gasteiger partial charge in [-0.15, -0.1) is 11.3 Å². The minimum Gasteiger partial charge on any atom is -0.355 e. The predicted octanol–water partition coefficient (Wildman–Crippen LogP) is 1.49. The van der Waals surface area contributed by atoms with Crippen molar-refractivity contribution in [3.05, 3.63) is 21.4 Å². The number of likely N-dealkylation sites (N-methyl/N-ethyl adjacent to an activating group) is 1. The third-order valence-electron chi connectivity index (χ3n) is 3.06. The zero-order chi connectivity index (χ0) is 13.1. The van der Waals surface area contributed by atoms with Crippen molar-refractivity contribution in [2.45, 2.75) is 39.2 Å². The van der Waals surface area contributed by atoms with Gasteiger partial charge in [-0.05, 0) is 44.7 Å². The molecule has 1 aliphatic carbocycles. The topological polar surface area (TPSA) is 58.2 Å². The molecule has 0 aromatic carbocycles. The largest absolute Gasteiger partial charge is 0.355 e. The Balaban J connectivity index is 1.97. The molecule has 1 unspecified atom stereocenters. The van der Waals surface area contributed by atoms with Gasteiger partial charge in [0.15, 0.2) is 0 Å². The molecule has 0 saturated carbocycles. The molecule has 0 spiro atoms. The number of thiophene rings is 1. The highest BCUT2D eigenvalue weighted by atomic mass is 32.1. The first-order chi connectivity index (χ1) is 8.61. The van der Waals surface area contributed by atoms with E-state index >= 15 is 0 Å². The van der Waals surface area contributed by atoms with Crippen molar-refractivity contribution in [3.8, 4) is 0 Å². The van der Waals surface area contributed by atoms with Gasteiger partial charge >= 0.3 is 0 Å². The maximum absolute atomic E-state index is 12.0. The van der Waals surface area contributed by atoms with Gasteiger partial charge in [0.2, 0.25) is 5.91 Å². The summed E-state index contributed by atoms with van der Waals surface area (Å²) in [6.07, 6.45) is 3.35. The van der Waals surface area contributed by atoms with Crippen LogP contribution in [-0.2, 0) is 17.6 Å². The van der Waals surface area contributed by atoms with Crippen molar-refractivity contribution in [2.75, 3.05) is 6.54 Å². The number of hydrogen-bond donors (Lipinski definition) is 2. The van der Waals surface area contributed by atoms with Gasteiger partial charge in [-0.1, -0.05) is 0 Å². The van der Waals surface area contributed by atoms with E-state index < -0.39 is 6.04 Å². The highest BCUT2D eigenvalue weighted by Crippen LogP contribution is 2.30. The molecule has 1 aromatic rings. The molecule has 1 heterocycles. The molecule has 0 bridgehead atoms. The average molecular weight is 266 g/mol. The van der Waals surface area contributed by atoms with E-state index in [1.165, 1.54) is 16.9 Å². The Labute approximate surface area is 111 Å². The van der Waals surface area contributed by atoms with Gasteiger partial charge in [0.05, 0.1) is 4.88 Å². The first-order valence-corrected chi connectivity index (χ1v) is 7.13. The maximum atomic E-state index is 12.0. The van der Waals surface area contributed by atoms with Gasteiger partial charge in [-0.2, -0.15) is 0 Å². The van der Waals surface area contributed by atoms with Crippen LogP contribution >= 0.6 is 11.3 Å². The fourth-order valence-electron chi connectivity index (χ4n) is 2.10. The van der Waals surface area contributed by atoms with Crippen LogP contribution in [0, 0.1) is 0 Å². The number of fused-ring (bicyclic) bond motifs is 1. The van der Waals surface area contributed by atoms with Gasteiger partial charge in [0.25, 0.3) is 5.91 Å². The highest BCUT2D eigenvalue weighted by Gasteiger charge is 2.21. The summed E-state index contributed by atoms with van der Waals surface area (Å²) in [5.41, 5.74) is 1.30. The van der Waals surface area contributed by atoms with Crippen molar-refractivity contribution < 1.29 is 9.59 Å². The lowest BCUT2D eigenvalue weighted by Crippen LogP contribution is -2.44. The molecule has 4 nitrogen and oxygen atoms in total. The van der Waals surface area contributed by atoms with Crippen molar-refractivity contribution in [1.29, 1.82) is 0 Å². The molecular formula is C13H18N2O2S. The zero-order valence-electron chi connectivity index (χ0n) is 10.7. The van der Waals surface area contributed by atoms with Crippen LogP contribution in [0.2, 0.25) is 0 Å². The van der Waals surface area contributed by atoms with Crippen LogP contribution in [0.1, 0.15) is 40.4 Å². The van der Waals surface area contributed by atoms with Crippen LogP contribution in [-0.4, -0.2) is 24.4 Å². The Morgan fingerprint density at radius 3 is 2.89 bits per heavy atom. The van der Waals surface area contributed by atoms with Crippen LogP contribution in [0.15, 0.2) is 6.07 Å². The van der Waals surface area contributed by atoms with Gasteiger partial charge in [0, 0.05) is 11.4 Å². The lowest BCUT2D eigenvalue weighted by molar-refractivity contribution is -0.122. The number of nitrogens with one attached hydrogen (secondary N) is 2. The van der Waals surface area contributed by atoms with Crippen molar-refractivity contribution in [1.82, 2.24) is 10.6 Å². The van der Waals surface area contributed by atoms with Crippen LogP contribution in [0.3, 0.4) is 0 Å². The van der Waals surface area contributed by atoms with Gasteiger partial charge in [-0.25, -0.2) is 0 Å². The van der Waals surface area contributed by atoms with E-state index in [1.807, 2.05) is 13.0 Å². The maximum Gasteiger partial charge on any atom is 0.262 e. The minimum absolute atomic E-state index is 0.144. The molecule has 1 aliphatic rings. The molecular weight excluding hydrogens is 248 g/mol. The van der Waals surface area contributed by atoms with E-state index in [0.717, 1.165) is 17.7 Å². The summed E-state index contributed by atoms with van der Waals surface area (Å²) in [6.45, 7) is 4.13. The van der Waals surface area contributed by atoms with Crippen LogP contribution in [0.5, 0.6) is 0 Å². The predicted molar refractivity (Wildman–Crippen MR) is 72.0 cm³/mol. The molecule has 2 rings (SSSR count). The van der Waals surface area contributed by atoms with E-state index in [9.17, 15) is 9.59 Å². The molecule has 98 valence electrons. The van der Waals surface area contributed by atoms with Gasteiger partial charge in [0.1, 0.15) is 6.04 Å². The summed E-state index contributed by atoms with van der Waals surface area (Å²) >= 11 is 1.55. The summed E-state index contributed by atoms with van der Waals surface area (Å²) in [5, 5.41) is 5.42. The minimum atomic E-state index is -0.491. The van der Waals surface area contributed by atoms with Crippen LogP contribution < -0.4 is 10.6 Å². The molecule has 1 atom stereocenters. The number of hydrogen-bond acceptors (Lipinski definition) is 3.